The van der Waals surface area contributed by atoms with E-state index in [0.717, 1.165) is 4.57 Å². The van der Waals surface area contributed by atoms with Crippen LogP contribution in [0, 0.1) is 0 Å². The molecule has 1 saturated heterocycles. The summed E-state index contributed by atoms with van der Waals surface area (Å²) in [6.45, 7) is 3.11. The summed E-state index contributed by atoms with van der Waals surface area (Å²) in [5.74, 6) is 0.0814. The lowest BCUT2D eigenvalue weighted by Gasteiger charge is -2.18. The molecule has 0 aliphatic carbocycles. The van der Waals surface area contributed by atoms with Crippen LogP contribution < -0.4 is 11.4 Å². The van der Waals surface area contributed by atoms with Crippen molar-refractivity contribution in [1.82, 2.24) is 9.55 Å². The average Bonchev–Trinajstić information content (AvgIpc) is 2.70. The number of allylic oxidation sites excluding steroid dienone is 1. The summed E-state index contributed by atoms with van der Waals surface area (Å²) in [5, 5.41) is 28.6. The first-order valence-electron chi connectivity index (χ1n) is 6.10. The van der Waals surface area contributed by atoms with E-state index in [-0.39, 0.29) is 5.82 Å². The monoisotopic (exact) mass is 283 g/mol. The molecule has 110 valence electrons. The summed E-state index contributed by atoms with van der Waals surface area (Å²) < 4.78 is 6.34. The number of ether oxygens (including phenoxy) is 1. The molecule has 0 aromatic carbocycles. The Morgan fingerprint density at radius 3 is 2.75 bits per heavy atom. The smallest absolute Gasteiger partial charge is 0.351 e. The van der Waals surface area contributed by atoms with E-state index in [1.54, 1.807) is 6.08 Å². The zero-order chi connectivity index (χ0) is 14.9. The number of aliphatic hydroxyl groups is 3. The topological polar surface area (TPSA) is 131 Å². The van der Waals surface area contributed by atoms with Crippen molar-refractivity contribution in [3.8, 4) is 0 Å². The van der Waals surface area contributed by atoms with E-state index < -0.39 is 36.8 Å². The predicted octanol–water partition coefficient (Wildman–Crippen LogP) is -1.83. The van der Waals surface area contributed by atoms with Crippen molar-refractivity contribution in [2.75, 3.05) is 12.3 Å². The van der Waals surface area contributed by atoms with Gasteiger partial charge in [-0.3, -0.25) is 4.57 Å². The molecule has 0 unspecified atom stereocenters. The van der Waals surface area contributed by atoms with Crippen molar-refractivity contribution in [1.29, 1.82) is 0 Å². The lowest BCUT2D eigenvalue weighted by atomic mass is 10.1. The molecule has 1 aliphatic rings. The molecule has 8 heteroatoms. The van der Waals surface area contributed by atoms with E-state index in [4.69, 9.17) is 15.6 Å². The first-order chi connectivity index (χ1) is 9.49. The second-order valence-corrected chi connectivity index (χ2v) is 4.56. The van der Waals surface area contributed by atoms with Crippen LogP contribution in [0.2, 0.25) is 0 Å². The van der Waals surface area contributed by atoms with Gasteiger partial charge in [0.15, 0.2) is 6.23 Å². The molecule has 2 rings (SSSR count). The van der Waals surface area contributed by atoms with Gasteiger partial charge in [-0.25, -0.2) is 4.79 Å². The number of nitrogen functional groups attached to an aromatic ring is 1. The van der Waals surface area contributed by atoms with Crippen molar-refractivity contribution in [3.05, 3.63) is 34.9 Å². The summed E-state index contributed by atoms with van der Waals surface area (Å²) in [4.78, 5) is 15.5. The van der Waals surface area contributed by atoms with E-state index >= 15 is 0 Å². The van der Waals surface area contributed by atoms with Gasteiger partial charge in [-0.05, 0) is 6.42 Å². The first-order valence-corrected chi connectivity index (χ1v) is 6.10. The second kappa shape index (κ2) is 5.71. The molecule has 1 aliphatic heterocycles. The zero-order valence-corrected chi connectivity index (χ0v) is 10.7. The van der Waals surface area contributed by atoms with Crippen LogP contribution in [0.3, 0.4) is 0 Å². The number of nitrogens with two attached hydrogens (primary N) is 1. The summed E-state index contributed by atoms with van der Waals surface area (Å²) in [5.41, 5.74) is 5.48. The predicted molar refractivity (Wildman–Crippen MR) is 69.8 cm³/mol. The standard InChI is InChI=1S/C12H17N3O5/c1-2-3-6-4-15(12(19)14-10(6)13)11-9(18)8(17)7(5-16)20-11/h2,4,7-9,11,16-18H,1,3,5H2,(H2,13,14,19)/t7-,8-,9-,11-/m1/s1. The molecule has 5 N–H and O–H groups in total. The molecule has 2 heterocycles. The number of aliphatic hydroxyl groups excluding tert-OH is 3. The zero-order valence-electron chi connectivity index (χ0n) is 10.7. The molecule has 0 bridgehead atoms. The molecule has 20 heavy (non-hydrogen) atoms. The highest BCUT2D eigenvalue weighted by atomic mass is 16.6. The Labute approximate surface area is 114 Å². The highest BCUT2D eigenvalue weighted by Crippen LogP contribution is 2.28. The molecule has 0 amide bonds. The summed E-state index contributed by atoms with van der Waals surface area (Å²) in [7, 11) is 0. The van der Waals surface area contributed by atoms with Gasteiger partial charge < -0.3 is 25.8 Å². The van der Waals surface area contributed by atoms with Gasteiger partial charge in [0, 0.05) is 11.8 Å². The summed E-state index contributed by atoms with van der Waals surface area (Å²) >= 11 is 0. The first kappa shape index (κ1) is 14.7. The number of rotatable bonds is 4. The quantitative estimate of drug-likeness (QED) is 0.478. The fourth-order valence-electron chi connectivity index (χ4n) is 2.13. The fraction of sp³-hybridized carbons (Fsp3) is 0.500. The second-order valence-electron chi connectivity index (χ2n) is 4.56. The molecule has 0 radical (unpaired) electrons. The van der Waals surface area contributed by atoms with E-state index in [2.05, 4.69) is 11.6 Å². The van der Waals surface area contributed by atoms with Gasteiger partial charge in [-0.1, -0.05) is 6.08 Å². The molecule has 1 aromatic rings. The van der Waals surface area contributed by atoms with Crippen LogP contribution in [-0.2, 0) is 11.2 Å². The molecule has 4 atom stereocenters. The van der Waals surface area contributed by atoms with Crippen molar-refractivity contribution in [3.63, 3.8) is 0 Å². The fourth-order valence-corrected chi connectivity index (χ4v) is 2.13. The number of hydrogen-bond donors (Lipinski definition) is 4. The molecule has 1 fully saturated rings. The summed E-state index contributed by atoms with van der Waals surface area (Å²) in [6, 6.07) is 0. The van der Waals surface area contributed by atoms with Crippen molar-refractivity contribution < 1.29 is 20.1 Å². The third kappa shape index (κ3) is 2.46. The number of hydrogen-bond acceptors (Lipinski definition) is 7. The minimum Gasteiger partial charge on any atom is -0.394 e. The Balaban J connectivity index is 2.40. The van der Waals surface area contributed by atoms with Gasteiger partial charge in [0.25, 0.3) is 0 Å². The summed E-state index contributed by atoms with van der Waals surface area (Å²) in [6.07, 6.45) is -1.29. The van der Waals surface area contributed by atoms with Crippen LogP contribution in [0.5, 0.6) is 0 Å². The Morgan fingerprint density at radius 2 is 2.20 bits per heavy atom. The van der Waals surface area contributed by atoms with Gasteiger partial charge in [-0.15, -0.1) is 6.58 Å². The minimum atomic E-state index is -1.34. The van der Waals surface area contributed by atoms with E-state index in [9.17, 15) is 15.0 Å². The molecule has 0 spiro atoms. The van der Waals surface area contributed by atoms with Gasteiger partial charge in [0.05, 0.1) is 6.61 Å². The Bertz CT molecular complexity index is 559. The van der Waals surface area contributed by atoms with E-state index in [1.165, 1.54) is 6.20 Å². The third-order valence-corrected chi connectivity index (χ3v) is 3.22. The van der Waals surface area contributed by atoms with Gasteiger partial charge in [0.1, 0.15) is 24.1 Å². The van der Waals surface area contributed by atoms with Gasteiger partial charge >= 0.3 is 5.69 Å². The van der Waals surface area contributed by atoms with Crippen molar-refractivity contribution in [2.24, 2.45) is 0 Å². The van der Waals surface area contributed by atoms with E-state index in [0.29, 0.717) is 12.0 Å². The highest BCUT2D eigenvalue weighted by Gasteiger charge is 2.43. The van der Waals surface area contributed by atoms with Crippen molar-refractivity contribution in [2.45, 2.75) is 31.0 Å². The third-order valence-electron chi connectivity index (χ3n) is 3.22. The molecule has 8 nitrogen and oxygen atoms in total. The number of nitrogens with zero attached hydrogens (tertiary/aromatic N) is 2. The average molecular weight is 283 g/mol. The van der Waals surface area contributed by atoms with Crippen LogP contribution in [0.4, 0.5) is 5.82 Å². The lowest BCUT2D eigenvalue weighted by Crippen LogP contribution is -2.36. The maximum Gasteiger partial charge on any atom is 0.351 e. The lowest BCUT2D eigenvalue weighted by molar-refractivity contribution is -0.0550. The number of aromatic nitrogens is 2. The Kier molecular flexibility index (Phi) is 4.19. The van der Waals surface area contributed by atoms with Crippen LogP contribution in [0.15, 0.2) is 23.6 Å². The molecule has 0 saturated carbocycles. The van der Waals surface area contributed by atoms with Crippen molar-refractivity contribution >= 4 is 5.82 Å². The SMILES string of the molecule is C=CCc1cn([C@@H]2O[C@H](CO)[C@@H](O)[C@H]2O)c(=O)nc1N. The minimum absolute atomic E-state index is 0.0814. The van der Waals surface area contributed by atoms with Gasteiger partial charge in [0.2, 0.25) is 0 Å². The highest BCUT2D eigenvalue weighted by molar-refractivity contribution is 5.38. The molecular formula is C12H17N3O5. The van der Waals surface area contributed by atoms with Crippen LogP contribution in [0.25, 0.3) is 0 Å². The van der Waals surface area contributed by atoms with Crippen LogP contribution >= 0.6 is 0 Å². The maximum absolute atomic E-state index is 11.8. The van der Waals surface area contributed by atoms with Crippen LogP contribution in [0.1, 0.15) is 11.8 Å². The maximum atomic E-state index is 11.8. The normalized spacial score (nSPS) is 29.6. The Hall–Kier alpha value is -1.74. The largest absolute Gasteiger partial charge is 0.394 e. The number of anilines is 1. The van der Waals surface area contributed by atoms with E-state index in [1.807, 2.05) is 0 Å². The van der Waals surface area contributed by atoms with Gasteiger partial charge in [-0.2, -0.15) is 4.98 Å². The molecule has 1 aromatic heterocycles. The molecular weight excluding hydrogens is 266 g/mol. The Morgan fingerprint density at radius 1 is 1.50 bits per heavy atom. The van der Waals surface area contributed by atoms with Crippen LogP contribution in [-0.4, -0.2) is 49.8 Å².